The molecular formula is C20H23BrN2O2. The van der Waals surface area contributed by atoms with Crippen LogP contribution in [0, 0.1) is 12.8 Å². The highest BCUT2D eigenvalue weighted by Gasteiger charge is 2.24. The molecule has 0 aliphatic rings. The second kappa shape index (κ2) is 8.81. The summed E-state index contributed by atoms with van der Waals surface area (Å²) in [5.41, 5.74) is 2.67. The lowest BCUT2D eigenvalue weighted by Gasteiger charge is -2.22. The summed E-state index contributed by atoms with van der Waals surface area (Å²) in [6.45, 7) is 5.79. The Labute approximate surface area is 157 Å². The monoisotopic (exact) mass is 402 g/mol. The quantitative estimate of drug-likeness (QED) is 0.764. The van der Waals surface area contributed by atoms with E-state index < -0.39 is 6.04 Å². The van der Waals surface area contributed by atoms with Crippen LogP contribution >= 0.6 is 15.9 Å². The molecule has 1 atom stereocenters. The first-order chi connectivity index (χ1) is 11.9. The molecule has 2 aromatic carbocycles. The number of carbonyl (C=O) groups is 2. The highest BCUT2D eigenvalue weighted by molar-refractivity contribution is 9.10. The number of aryl methyl sites for hydroxylation is 1. The molecule has 4 nitrogen and oxygen atoms in total. The van der Waals surface area contributed by atoms with Crippen molar-refractivity contribution >= 4 is 33.4 Å². The Bertz CT molecular complexity index is 745. The van der Waals surface area contributed by atoms with Crippen molar-refractivity contribution in [3.05, 3.63) is 64.1 Å². The third-order valence-electron chi connectivity index (χ3n) is 3.90. The van der Waals surface area contributed by atoms with Crippen LogP contribution in [0.2, 0.25) is 0 Å². The van der Waals surface area contributed by atoms with Crippen molar-refractivity contribution in [2.75, 3.05) is 5.32 Å². The van der Waals surface area contributed by atoms with Crippen LogP contribution in [0.25, 0.3) is 0 Å². The maximum absolute atomic E-state index is 12.6. The molecule has 0 radical (unpaired) electrons. The molecule has 0 saturated carbocycles. The fraction of sp³-hybridized carbons (Fsp3) is 0.300. The lowest BCUT2D eigenvalue weighted by molar-refractivity contribution is -0.127. The average Bonchev–Trinajstić information content (AvgIpc) is 2.56. The van der Waals surface area contributed by atoms with Gasteiger partial charge in [0.1, 0.15) is 6.04 Å². The van der Waals surface area contributed by atoms with Gasteiger partial charge in [-0.1, -0.05) is 60.1 Å². The SMILES string of the molecule is Cc1cc(NC(=O)[C@@H](NC(=O)Cc2ccccc2)C(C)C)ccc1Br. The van der Waals surface area contributed by atoms with Gasteiger partial charge in [-0.05, 0) is 42.2 Å². The summed E-state index contributed by atoms with van der Waals surface area (Å²) in [6, 6.07) is 14.5. The van der Waals surface area contributed by atoms with Gasteiger partial charge in [0.25, 0.3) is 0 Å². The van der Waals surface area contributed by atoms with Crippen LogP contribution in [0.5, 0.6) is 0 Å². The molecule has 2 rings (SSSR count). The van der Waals surface area contributed by atoms with Gasteiger partial charge in [-0.3, -0.25) is 9.59 Å². The summed E-state index contributed by atoms with van der Waals surface area (Å²) in [5.74, 6) is -0.388. The van der Waals surface area contributed by atoms with Gasteiger partial charge in [0, 0.05) is 10.2 Å². The molecule has 2 amide bonds. The number of halogens is 1. The molecule has 0 saturated heterocycles. The van der Waals surface area contributed by atoms with E-state index in [2.05, 4.69) is 26.6 Å². The number of amides is 2. The summed E-state index contributed by atoms with van der Waals surface area (Å²) in [5, 5.41) is 5.74. The second-order valence-corrected chi connectivity index (χ2v) is 7.26. The minimum Gasteiger partial charge on any atom is -0.344 e. The third-order valence-corrected chi connectivity index (χ3v) is 4.79. The second-order valence-electron chi connectivity index (χ2n) is 6.40. The molecule has 25 heavy (non-hydrogen) atoms. The van der Waals surface area contributed by atoms with Crippen molar-refractivity contribution < 1.29 is 9.59 Å². The normalized spacial score (nSPS) is 11.9. The first-order valence-corrected chi connectivity index (χ1v) is 9.06. The van der Waals surface area contributed by atoms with Gasteiger partial charge in [-0.25, -0.2) is 0 Å². The van der Waals surface area contributed by atoms with E-state index in [1.807, 2.05) is 69.3 Å². The third kappa shape index (κ3) is 5.71. The van der Waals surface area contributed by atoms with Crippen LogP contribution < -0.4 is 10.6 Å². The molecule has 0 heterocycles. The van der Waals surface area contributed by atoms with Crippen molar-refractivity contribution in [1.29, 1.82) is 0 Å². The summed E-state index contributed by atoms with van der Waals surface area (Å²) >= 11 is 3.44. The largest absolute Gasteiger partial charge is 0.344 e. The van der Waals surface area contributed by atoms with Crippen LogP contribution in [0.3, 0.4) is 0 Å². The van der Waals surface area contributed by atoms with Crippen molar-refractivity contribution in [3.8, 4) is 0 Å². The fourth-order valence-corrected chi connectivity index (χ4v) is 2.73. The Hall–Kier alpha value is -2.14. The van der Waals surface area contributed by atoms with Gasteiger partial charge < -0.3 is 10.6 Å². The fourth-order valence-electron chi connectivity index (χ4n) is 2.48. The first kappa shape index (κ1) is 19.2. The molecule has 5 heteroatoms. The number of rotatable bonds is 6. The molecule has 132 valence electrons. The van der Waals surface area contributed by atoms with Gasteiger partial charge in [0.05, 0.1) is 6.42 Å². The first-order valence-electron chi connectivity index (χ1n) is 8.27. The van der Waals surface area contributed by atoms with Crippen molar-refractivity contribution in [2.24, 2.45) is 5.92 Å². The summed E-state index contributed by atoms with van der Waals surface area (Å²) in [6.07, 6.45) is 0.259. The number of hydrogen-bond donors (Lipinski definition) is 2. The summed E-state index contributed by atoms with van der Waals surface area (Å²) in [7, 11) is 0. The average molecular weight is 403 g/mol. The Morgan fingerprint density at radius 1 is 1.08 bits per heavy atom. The molecule has 0 aromatic heterocycles. The lowest BCUT2D eigenvalue weighted by Crippen LogP contribution is -2.47. The van der Waals surface area contributed by atoms with E-state index in [1.165, 1.54) is 0 Å². The van der Waals surface area contributed by atoms with Crippen LogP contribution in [0.4, 0.5) is 5.69 Å². The topological polar surface area (TPSA) is 58.2 Å². The Balaban J connectivity index is 2.02. The molecule has 0 spiro atoms. The molecule has 2 N–H and O–H groups in total. The zero-order chi connectivity index (χ0) is 18.4. The smallest absolute Gasteiger partial charge is 0.247 e. The predicted octanol–water partition coefficient (Wildman–Crippen LogP) is 4.08. The number of carbonyl (C=O) groups excluding carboxylic acids is 2. The Morgan fingerprint density at radius 3 is 2.36 bits per heavy atom. The van der Waals surface area contributed by atoms with Crippen LogP contribution in [0.1, 0.15) is 25.0 Å². The van der Waals surface area contributed by atoms with Gasteiger partial charge >= 0.3 is 0 Å². The predicted molar refractivity (Wildman–Crippen MR) is 104 cm³/mol. The van der Waals surface area contributed by atoms with Gasteiger partial charge in [-0.2, -0.15) is 0 Å². The van der Waals surface area contributed by atoms with E-state index in [0.717, 1.165) is 15.6 Å². The van der Waals surface area contributed by atoms with Crippen LogP contribution in [-0.2, 0) is 16.0 Å². The van der Waals surface area contributed by atoms with E-state index in [0.29, 0.717) is 5.69 Å². The molecule has 0 aliphatic heterocycles. The lowest BCUT2D eigenvalue weighted by atomic mass is 10.0. The van der Waals surface area contributed by atoms with E-state index in [-0.39, 0.29) is 24.2 Å². The Kier molecular flexibility index (Phi) is 6.76. The summed E-state index contributed by atoms with van der Waals surface area (Å²) in [4.78, 5) is 24.9. The maximum atomic E-state index is 12.6. The number of nitrogens with one attached hydrogen (secondary N) is 2. The molecular weight excluding hydrogens is 380 g/mol. The molecule has 0 unspecified atom stereocenters. The molecule has 0 fully saturated rings. The number of anilines is 1. The molecule has 0 aliphatic carbocycles. The maximum Gasteiger partial charge on any atom is 0.247 e. The van der Waals surface area contributed by atoms with Crippen molar-refractivity contribution in [1.82, 2.24) is 5.32 Å². The molecule has 0 bridgehead atoms. The van der Waals surface area contributed by atoms with Crippen molar-refractivity contribution in [3.63, 3.8) is 0 Å². The van der Waals surface area contributed by atoms with E-state index >= 15 is 0 Å². The van der Waals surface area contributed by atoms with Crippen LogP contribution in [-0.4, -0.2) is 17.9 Å². The van der Waals surface area contributed by atoms with E-state index in [4.69, 9.17) is 0 Å². The van der Waals surface area contributed by atoms with E-state index in [1.54, 1.807) is 0 Å². The van der Waals surface area contributed by atoms with Gasteiger partial charge in [-0.15, -0.1) is 0 Å². The van der Waals surface area contributed by atoms with Crippen molar-refractivity contribution in [2.45, 2.75) is 33.2 Å². The Morgan fingerprint density at radius 2 is 1.76 bits per heavy atom. The number of benzene rings is 2. The van der Waals surface area contributed by atoms with Gasteiger partial charge in [0.15, 0.2) is 0 Å². The minimum absolute atomic E-state index is 0.0173. The van der Waals surface area contributed by atoms with Crippen LogP contribution in [0.15, 0.2) is 53.0 Å². The standard InChI is InChI=1S/C20H23BrN2O2/c1-13(2)19(23-18(24)12-15-7-5-4-6-8-15)20(25)22-16-9-10-17(21)14(3)11-16/h4-11,13,19H,12H2,1-3H3,(H,22,25)(H,23,24)/t19-/m0/s1. The number of hydrogen-bond acceptors (Lipinski definition) is 2. The zero-order valence-electron chi connectivity index (χ0n) is 14.7. The summed E-state index contributed by atoms with van der Waals surface area (Å²) < 4.78 is 0.988. The highest BCUT2D eigenvalue weighted by atomic mass is 79.9. The molecule has 2 aromatic rings. The highest BCUT2D eigenvalue weighted by Crippen LogP contribution is 2.20. The van der Waals surface area contributed by atoms with E-state index in [9.17, 15) is 9.59 Å². The van der Waals surface area contributed by atoms with Gasteiger partial charge in [0.2, 0.25) is 11.8 Å². The zero-order valence-corrected chi connectivity index (χ0v) is 16.3. The minimum atomic E-state index is -0.583.